The topological polar surface area (TPSA) is 17.1 Å². The minimum absolute atomic E-state index is 0.132. The van der Waals surface area contributed by atoms with Crippen LogP contribution in [0.2, 0.25) is 5.02 Å². The van der Waals surface area contributed by atoms with E-state index in [0.717, 1.165) is 16.0 Å². The monoisotopic (exact) mass is 290 g/mol. The van der Waals surface area contributed by atoms with Gasteiger partial charge in [-0.1, -0.05) is 35.9 Å². The third-order valence-electron chi connectivity index (χ3n) is 3.02. The van der Waals surface area contributed by atoms with E-state index in [4.69, 9.17) is 11.6 Å². The molecule has 2 aromatic carbocycles. The Morgan fingerprint density at radius 1 is 1.11 bits per heavy atom. The van der Waals surface area contributed by atoms with Crippen molar-refractivity contribution in [3.05, 3.63) is 64.2 Å². The number of carbonyl (C=O) groups excluding carboxylic acids is 1. The van der Waals surface area contributed by atoms with Gasteiger partial charge >= 0.3 is 0 Å². The van der Waals surface area contributed by atoms with Gasteiger partial charge in [-0.2, -0.15) is 0 Å². The normalized spacial score (nSPS) is 10.5. The smallest absolute Gasteiger partial charge is 0.173 e. The number of hydrogen-bond acceptors (Lipinski definition) is 2. The summed E-state index contributed by atoms with van der Waals surface area (Å²) in [6, 6.07) is 13.4. The summed E-state index contributed by atoms with van der Waals surface area (Å²) in [6.45, 7) is 4.06. The molecule has 98 valence electrons. The van der Waals surface area contributed by atoms with E-state index in [9.17, 15) is 4.79 Å². The van der Waals surface area contributed by atoms with Crippen molar-refractivity contribution in [2.45, 2.75) is 18.7 Å². The number of ketones is 1. The second kappa shape index (κ2) is 6.27. The van der Waals surface area contributed by atoms with Gasteiger partial charge in [-0.05, 0) is 43.2 Å². The van der Waals surface area contributed by atoms with Crippen LogP contribution in [0, 0.1) is 13.8 Å². The van der Waals surface area contributed by atoms with E-state index in [0.29, 0.717) is 10.8 Å². The molecule has 0 atom stereocenters. The van der Waals surface area contributed by atoms with Gasteiger partial charge in [-0.15, -0.1) is 11.8 Å². The van der Waals surface area contributed by atoms with Gasteiger partial charge < -0.3 is 0 Å². The van der Waals surface area contributed by atoms with Crippen molar-refractivity contribution < 1.29 is 4.79 Å². The van der Waals surface area contributed by atoms with Crippen molar-refractivity contribution in [2.24, 2.45) is 0 Å². The Balaban J connectivity index is 2.05. The Labute approximate surface area is 123 Å². The summed E-state index contributed by atoms with van der Waals surface area (Å²) >= 11 is 7.55. The average Bonchev–Trinajstić information content (AvgIpc) is 2.40. The van der Waals surface area contributed by atoms with E-state index in [2.05, 4.69) is 0 Å². The first kappa shape index (κ1) is 14.2. The second-order valence-corrected chi connectivity index (χ2v) is 5.87. The van der Waals surface area contributed by atoms with Crippen LogP contribution in [0.3, 0.4) is 0 Å². The van der Waals surface area contributed by atoms with Gasteiger partial charge in [0.1, 0.15) is 0 Å². The summed E-state index contributed by atoms with van der Waals surface area (Å²) in [5, 5.41) is 0.695. The maximum Gasteiger partial charge on any atom is 0.173 e. The summed E-state index contributed by atoms with van der Waals surface area (Å²) in [5.41, 5.74) is 3.12. The van der Waals surface area contributed by atoms with Gasteiger partial charge in [0.2, 0.25) is 0 Å². The highest BCUT2D eigenvalue weighted by Gasteiger charge is 2.09. The maximum absolute atomic E-state index is 12.1. The van der Waals surface area contributed by atoms with Crippen LogP contribution >= 0.6 is 23.4 Å². The van der Waals surface area contributed by atoms with Crippen molar-refractivity contribution in [1.29, 1.82) is 0 Å². The van der Waals surface area contributed by atoms with Crippen LogP contribution < -0.4 is 0 Å². The van der Waals surface area contributed by atoms with E-state index in [1.807, 2.05) is 56.3 Å². The predicted octanol–water partition coefficient (Wildman–Crippen LogP) is 4.93. The molecule has 19 heavy (non-hydrogen) atoms. The molecule has 0 aliphatic carbocycles. The van der Waals surface area contributed by atoms with Crippen molar-refractivity contribution in [3.63, 3.8) is 0 Å². The number of aryl methyl sites for hydroxylation is 2. The summed E-state index contributed by atoms with van der Waals surface area (Å²) in [5.74, 6) is 0.541. The van der Waals surface area contributed by atoms with Crippen LogP contribution in [0.15, 0.2) is 47.4 Å². The Morgan fingerprint density at radius 2 is 1.84 bits per heavy atom. The summed E-state index contributed by atoms with van der Waals surface area (Å²) in [4.78, 5) is 13.1. The SMILES string of the molecule is Cc1ccc(C(=O)CSc2ccccc2Cl)cc1C. The van der Waals surface area contributed by atoms with E-state index in [1.54, 1.807) is 0 Å². The van der Waals surface area contributed by atoms with Crippen LogP contribution in [-0.4, -0.2) is 11.5 Å². The van der Waals surface area contributed by atoms with Crippen LogP contribution in [-0.2, 0) is 0 Å². The van der Waals surface area contributed by atoms with E-state index < -0.39 is 0 Å². The number of rotatable bonds is 4. The van der Waals surface area contributed by atoms with E-state index >= 15 is 0 Å². The molecule has 0 amide bonds. The largest absolute Gasteiger partial charge is 0.293 e. The Morgan fingerprint density at radius 3 is 2.53 bits per heavy atom. The number of hydrogen-bond donors (Lipinski definition) is 0. The molecule has 0 saturated heterocycles. The van der Waals surface area contributed by atoms with Gasteiger partial charge in [0, 0.05) is 10.5 Å². The molecule has 0 bridgehead atoms. The number of Topliss-reactive ketones (excluding diaryl/α,β-unsaturated/α-hetero) is 1. The summed E-state index contributed by atoms with van der Waals surface area (Å²) < 4.78 is 0. The van der Waals surface area contributed by atoms with Crippen molar-refractivity contribution in [1.82, 2.24) is 0 Å². The second-order valence-electron chi connectivity index (χ2n) is 4.44. The minimum atomic E-state index is 0.132. The zero-order valence-corrected chi connectivity index (χ0v) is 12.5. The molecule has 0 radical (unpaired) electrons. The Kier molecular flexibility index (Phi) is 4.67. The molecule has 0 aliphatic rings. The first-order valence-electron chi connectivity index (χ1n) is 6.05. The molecule has 0 unspecified atom stereocenters. The van der Waals surface area contributed by atoms with Crippen molar-refractivity contribution in [2.75, 3.05) is 5.75 Å². The lowest BCUT2D eigenvalue weighted by molar-refractivity contribution is 0.102. The summed E-state index contributed by atoms with van der Waals surface area (Å²) in [7, 11) is 0. The third-order valence-corrected chi connectivity index (χ3v) is 4.54. The van der Waals surface area contributed by atoms with Gasteiger partial charge in [0.15, 0.2) is 5.78 Å². The highest BCUT2D eigenvalue weighted by atomic mass is 35.5. The fraction of sp³-hybridized carbons (Fsp3) is 0.188. The third kappa shape index (κ3) is 3.62. The van der Waals surface area contributed by atoms with Gasteiger partial charge in [-0.25, -0.2) is 0 Å². The van der Waals surface area contributed by atoms with Crippen LogP contribution in [0.5, 0.6) is 0 Å². The number of benzene rings is 2. The number of carbonyl (C=O) groups is 1. The first-order chi connectivity index (χ1) is 9.08. The average molecular weight is 291 g/mol. The van der Waals surface area contributed by atoms with Gasteiger partial charge in [-0.3, -0.25) is 4.79 Å². The molecular weight excluding hydrogens is 276 g/mol. The Bertz CT molecular complexity index is 607. The van der Waals surface area contributed by atoms with Crippen LogP contribution in [0.4, 0.5) is 0 Å². The zero-order valence-electron chi connectivity index (χ0n) is 10.9. The molecule has 0 saturated carbocycles. The lowest BCUT2D eigenvalue weighted by atomic mass is 10.0. The molecule has 0 spiro atoms. The molecule has 1 nitrogen and oxygen atoms in total. The standard InChI is InChI=1S/C16H15ClOS/c1-11-7-8-13(9-12(11)2)15(18)10-19-16-6-4-3-5-14(16)17/h3-9H,10H2,1-2H3. The molecule has 0 aliphatic heterocycles. The highest BCUT2D eigenvalue weighted by Crippen LogP contribution is 2.27. The van der Waals surface area contributed by atoms with Crippen molar-refractivity contribution in [3.8, 4) is 0 Å². The zero-order chi connectivity index (χ0) is 13.8. The van der Waals surface area contributed by atoms with E-state index in [-0.39, 0.29) is 5.78 Å². The fourth-order valence-electron chi connectivity index (χ4n) is 1.70. The molecular formula is C16H15ClOS. The Hall–Kier alpha value is -1.25. The molecule has 3 heteroatoms. The van der Waals surface area contributed by atoms with E-state index in [1.165, 1.54) is 17.3 Å². The van der Waals surface area contributed by atoms with Crippen LogP contribution in [0.1, 0.15) is 21.5 Å². The predicted molar refractivity (Wildman–Crippen MR) is 82.4 cm³/mol. The lowest BCUT2D eigenvalue weighted by Crippen LogP contribution is -2.03. The molecule has 2 rings (SSSR count). The molecule has 0 N–H and O–H groups in total. The molecule has 0 fully saturated rings. The first-order valence-corrected chi connectivity index (χ1v) is 7.42. The van der Waals surface area contributed by atoms with Gasteiger partial charge in [0.25, 0.3) is 0 Å². The fourth-order valence-corrected chi connectivity index (χ4v) is 2.84. The van der Waals surface area contributed by atoms with Gasteiger partial charge in [0.05, 0.1) is 10.8 Å². The maximum atomic E-state index is 12.1. The summed E-state index contributed by atoms with van der Waals surface area (Å²) in [6.07, 6.45) is 0. The molecule has 0 heterocycles. The highest BCUT2D eigenvalue weighted by molar-refractivity contribution is 8.00. The molecule has 0 aromatic heterocycles. The number of halogens is 1. The quantitative estimate of drug-likeness (QED) is 0.586. The molecule has 2 aromatic rings. The minimum Gasteiger partial charge on any atom is -0.293 e. The number of thioether (sulfide) groups is 1. The lowest BCUT2D eigenvalue weighted by Gasteiger charge is -2.05. The van der Waals surface area contributed by atoms with Crippen molar-refractivity contribution >= 4 is 29.1 Å². The van der Waals surface area contributed by atoms with Crippen LogP contribution in [0.25, 0.3) is 0 Å².